The Morgan fingerprint density at radius 3 is 2.14 bits per heavy atom. The molecular weight excluding hydrogens is 360 g/mol. The summed E-state index contributed by atoms with van der Waals surface area (Å²) in [6.07, 6.45) is 1.49. The highest BCUT2D eigenvalue weighted by Crippen LogP contribution is 2.37. The fourth-order valence-electron chi connectivity index (χ4n) is 2.48. The number of hydrazone groups is 1. The first-order valence-corrected chi connectivity index (χ1v) is 8.83. The zero-order valence-electron chi connectivity index (χ0n) is 16.8. The molecule has 2 rings (SSSR count). The van der Waals surface area contributed by atoms with E-state index in [2.05, 4.69) is 24.4 Å². The first-order chi connectivity index (χ1) is 13.5. The second kappa shape index (κ2) is 10.2. The van der Waals surface area contributed by atoms with Crippen LogP contribution in [0.3, 0.4) is 0 Å². The molecule has 0 unspecified atom stereocenters. The summed E-state index contributed by atoms with van der Waals surface area (Å²) in [5.41, 5.74) is 4.32. The molecular formula is C21H26N2O5. The van der Waals surface area contributed by atoms with Gasteiger partial charge in [0.25, 0.3) is 5.91 Å². The fourth-order valence-corrected chi connectivity index (χ4v) is 2.48. The van der Waals surface area contributed by atoms with Crippen LogP contribution >= 0.6 is 0 Å². The molecule has 2 aromatic carbocycles. The van der Waals surface area contributed by atoms with Crippen LogP contribution in [0.5, 0.6) is 23.0 Å². The van der Waals surface area contributed by atoms with E-state index in [0.29, 0.717) is 34.5 Å². The highest BCUT2D eigenvalue weighted by molar-refractivity contribution is 5.84. The van der Waals surface area contributed by atoms with Gasteiger partial charge in [0.2, 0.25) is 5.75 Å². The van der Waals surface area contributed by atoms with Crippen molar-refractivity contribution in [2.45, 2.75) is 19.8 Å². The van der Waals surface area contributed by atoms with E-state index in [9.17, 15) is 4.79 Å². The Labute approximate surface area is 165 Å². The minimum atomic E-state index is -0.364. The van der Waals surface area contributed by atoms with Gasteiger partial charge in [-0.05, 0) is 35.7 Å². The zero-order valence-corrected chi connectivity index (χ0v) is 16.8. The van der Waals surface area contributed by atoms with E-state index in [0.717, 1.165) is 0 Å². The van der Waals surface area contributed by atoms with Gasteiger partial charge >= 0.3 is 0 Å². The van der Waals surface area contributed by atoms with Crippen LogP contribution in [0.1, 0.15) is 30.9 Å². The SMILES string of the molecule is COc1cc(/C=N/NC(=O)COc2ccc(C(C)C)cc2)cc(OC)c1OC. The summed E-state index contributed by atoms with van der Waals surface area (Å²) < 4.78 is 21.3. The Kier molecular flexibility index (Phi) is 7.68. The second-order valence-corrected chi connectivity index (χ2v) is 6.26. The number of carbonyl (C=O) groups excluding carboxylic acids is 1. The standard InChI is InChI=1S/C21H26N2O5/c1-14(2)16-6-8-17(9-7-16)28-13-20(24)23-22-12-15-10-18(25-3)21(27-5)19(11-15)26-4/h6-12,14H,13H2,1-5H3,(H,23,24)/b22-12+. The molecule has 7 nitrogen and oxygen atoms in total. The van der Waals surface area contributed by atoms with Crippen LogP contribution in [-0.2, 0) is 4.79 Å². The van der Waals surface area contributed by atoms with Crippen molar-refractivity contribution in [3.8, 4) is 23.0 Å². The first-order valence-electron chi connectivity index (χ1n) is 8.83. The normalized spacial score (nSPS) is 10.8. The van der Waals surface area contributed by atoms with Crippen molar-refractivity contribution in [2.24, 2.45) is 5.10 Å². The molecule has 0 saturated heterocycles. The van der Waals surface area contributed by atoms with Gasteiger partial charge in [-0.25, -0.2) is 5.43 Å². The van der Waals surface area contributed by atoms with Gasteiger partial charge in [-0.1, -0.05) is 26.0 Å². The quantitative estimate of drug-likeness (QED) is 0.528. The van der Waals surface area contributed by atoms with Gasteiger partial charge in [-0.2, -0.15) is 5.10 Å². The Morgan fingerprint density at radius 1 is 1.04 bits per heavy atom. The average Bonchev–Trinajstić information content (AvgIpc) is 2.71. The third-order valence-corrected chi connectivity index (χ3v) is 4.01. The van der Waals surface area contributed by atoms with Crippen molar-refractivity contribution < 1.29 is 23.7 Å². The van der Waals surface area contributed by atoms with E-state index in [-0.39, 0.29) is 12.5 Å². The van der Waals surface area contributed by atoms with E-state index in [1.807, 2.05) is 24.3 Å². The van der Waals surface area contributed by atoms with Gasteiger partial charge in [0.15, 0.2) is 18.1 Å². The van der Waals surface area contributed by atoms with Crippen LogP contribution in [0, 0.1) is 0 Å². The van der Waals surface area contributed by atoms with Crippen LogP contribution in [0.25, 0.3) is 0 Å². The molecule has 1 amide bonds. The topological polar surface area (TPSA) is 78.4 Å². The van der Waals surface area contributed by atoms with Crippen molar-refractivity contribution in [2.75, 3.05) is 27.9 Å². The number of benzene rings is 2. The van der Waals surface area contributed by atoms with E-state index in [1.54, 1.807) is 12.1 Å². The van der Waals surface area contributed by atoms with Crippen molar-refractivity contribution >= 4 is 12.1 Å². The predicted molar refractivity (Wildman–Crippen MR) is 108 cm³/mol. The Balaban J connectivity index is 1.92. The number of amides is 1. The van der Waals surface area contributed by atoms with Crippen LogP contribution in [0.4, 0.5) is 0 Å². The maximum Gasteiger partial charge on any atom is 0.277 e. The van der Waals surface area contributed by atoms with Crippen LogP contribution in [-0.4, -0.2) is 40.1 Å². The van der Waals surface area contributed by atoms with Crippen molar-refractivity contribution in [1.29, 1.82) is 0 Å². The lowest BCUT2D eigenvalue weighted by molar-refractivity contribution is -0.123. The predicted octanol–water partition coefficient (Wildman–Crippen LogP) is 3.36. The van der Waals surface area contributed by atoms with Crippen LogP contribution in [0.2, 0.25) is 0 Å². The van der Waals surface area contributed by atoms with Crippen molar-refractivity contribution in [3.63, 3.8) is 0 Å². The van der Waals surface area contributed by atoms with Crippen LogP contribution in [0.15, 0.2) is 41.5 Å². The van der Waals surface area contributed by atoms with Gasteiger partial charge in [-0.3, -0.25) is 4.79 Å². The minimum Gasteiger partial charge on any atom is -0.493 e. The molecule has 7 heteroatoms. The molecule has 0 radical (unpaired) electrons. The highest BCUT2D eigenvalue weighted by atomic mass is 16.5. The smallest absolute Gasteiger partial charge is 0.277 e. The van der Waals surface area contributed by atoms with E-state index in [1.165, 1.54) is 33.1 Å². The summed E-state index contributed by atoms with van der Waals surface area (Å²) in [7, 11) is 4.60. The number of nitrogens with zero attached hydrogens (tertiary/aromatic N) is 1. The van der Waals surface area contributed by atoms with Gasteiger partial charge in [0, 0.05) is 5.56 Å². The van der Waals surface area contributed by atoms with E-state index < -0.39 is 0 Å². The molecule has 0 saturated carbocycles. The minimum absolute atomic E-state index is 0.131. The lowest BCUT2D eigenvalue weighted by atomic mass is 10.0. The molecule has 0 fully saturated rings. The monoisotopic (exact) mass is 386 g/mol. The first kappa shape index (κ1) is 21.1. The molecule has 1 N–H and O–H groups in total. The number of nitrogens with one attached hydrogen (secondary N) is 1. The maximum absolute atomic E-state index is 11.9. The zero-order chi connectivity index (χ0) is 20.5. The molecule has 0 aliphatic heterocycles. The number of methoxy groups -OCH3 is 3. The van der Waals surface area contributed by atoms with E-state index in [4.69, 9.17) is 18.9 Å². The molecule has 0 spiro atoms. The summed E-state index contributed by atoms with van der Waals surface area (Å²) in [5.74, 6) is 2.21. The summed E-state index contributed by atoms with van der Waals surface area (Å²) in [4.78, 5) is 11.9. The van der Waals surface area contributed by atoms with Gasteiger partial charge in [0.05, 0.1) is 27.5 Å². The van der Waals surface area contributed by atoms with E-state index >= 15 is 0 Å². The van der Waals surface area contributed by atoms with Gasteiger partial charge in [0.1, 0.15) is 5.75 Å². The van der Waals surface area contributed by atoms with Crippen molar-refractivity contribution in [1.82, 2.24) is 5.43 Å². The Bertz CT molecular complexity index is 791. The Morgan fingerprint density at radius 2 is 1.64 bits per heavy atom. The number of hydrogen-bond acceptors (Lipinski definition) is 6. The highest BCUT2D eigenvalue weighted by Gasteiger charge is 2.12. The molecule has 0 aliphatic carbocycles. The number of hydrogen-bond donors (Lipinski definition) is 1. The Hall–Kier alpha value is -3.22. The molecule has 2 aromatic rings. The van der Waals surface area contributed by atoms with Crippen LogP contribution < -0.4 is 24.4 Å². The molecule has 0 aliphatic rings. The largest absolute Gasteiger partial charge is 0.493 e. The molecule has 0 aromatic heterocycles. The van der Waals surface area contributed by atoms with Gasteiger partial charge < -0.3 is 18.9 Å². The lowest BCUT2D eigenvalue weighted by Gasteiger charge is -2.12. The number of ether oxygens (including phenoxy) is 4. The van der Waals surface area contributed by atoms with Crippen molar-refractivity contribution in [3.05, 3.63) is 47.5 Å². The summed E-state index contributed by atoms with van der Waals surface area (Å²) in [6, 6.07) is 11.1. The number of rotatable bonds is 9. The summed E-state index contributed by atoms with van der Waals surface area (Å²) >= 11 is 0. The molecule has 0 heterocycles. The third-order valence-electron chi connectivity index (χ3n) is 4.01. The summed E-state index contributed by atoms with van der Waals surface area (Å²) in [5, 5.41) is 3.94. The summed E-state index contributed by atoms with van der Waals surface area (Å²) in [6.45, 7) is 4.11. The molecule has 150 valence electrons. The number of carbonyl (C=O) groups is 1. The second-order valence-electron chi connectivity index (χ2n) is 6.26. The third kappa shape index (κ3) is 5.64. The molecule has 28 heavy (non-hydrogen) atoms. The average molecular weight is 386 g/mol. The van der Waals surface area contributed by atoms with Gasteiger partial charge in [-0.15, -0.1) is 0 Å². The lowest BCUT2D eigenvalue weighted by Crippen LogP contribution is -2.24. The fraction of sp³-hybridized carbons (Fsp3) is 0.333. The molecule has 0 atom stereocenters. The molecule has 0 bridgehead atoms. The maximum atomic E-state index is 11.9.